The van der Waals surface area contributed by atoms with Crippen LogP contribution in [0.15, 0.2) is 39.2 Å². The number of hydrogen-bond donors (Lipinski definition) is 3. The normalized spacial score (nSPS) is 21.7. The van der Waals surface area contributed by atoms with Crippen LogP contribution in [0, 0.1) is 0 Å². The summed E-state index contributed by atoms with van der Waals surface area (Å²) in [5.74, 6) is -3.18. The molecule has 3 heterocycles. The SMILES string of the molecule is CC(=O)OCC1=C(C(=O)O)N2C(=O)[C@@H](NC(=O)/C(=N\O)c3ccco3)[C@H]2SC1. The summed E-state index contributed by atoms with van der Waals surface area (Å²) in [4.78, 5) is 48.5. The van der Waals surface area contributed by atoms with Gasteiger partial charge in [0.05, 0.1) is 6.26 Å². The van der Waals surface area contributed by atoms with Gasteiger partial charge < -0.3 is 24.8 Å². The number of furan rings is 1. The number of β-lactam (4-membered cyclic amide) rings is 1. The number of fused-ring (bicyclic) bond motifs is 1. The Labute approximate surface area is 162 Å². The van der Waals surface area contributed by atoms with Gasteiger partial charge in [-0.25, -0.2) is 4.79 Å². The molecule has 0 aliphatic carbocycles. The van der Waals surface area contributed by atoms with Crippen LogP contribution in [0.1, 0.15) is 12.7 Å². The predicted octanol–water partition coefficient (Wildman–Crippen LogP) is -0.240. The van der Waals surface area contributed by atoms with Crippen LogP contribution in [0.2, 0.25) is 0 Å². The number of carbonyl (C=O) groups excluding carboxylic acids is 3. The van der Waals surface area contributed by atoms with Gasteiger partial charge in [0, 0.05) is 18.2 Å². The van der Waals surface area contributed by atoms with Gasteiger partial charge in [0.15, 0.2) is 5.76 Å². The lowest BCUT2D eigenvalue weighted by Gasteiger charge is -2.49. The highest BCUT2D eigenvalue weighted by Crippen LogP contribution is 2.40. The standard InChI is InChI=1S/C16H15N3O8S/c1-7(20)27-5-8-6-28-15-11(14(22)19(15)12(8)16(23)24)17-13(21)10(18-25)9-3-2-4-26-9/h2-4,11,15,25H,5-6H2,1H3,(H,17,21)(H,23,24)/b18-10-/t11-,15-/m1/s1. The molecule has 1 aromatic rings. The fourth-order valence-electron chi connectivity index (χ4n) is 2.81. The lowest BCUT2D eigenvalue weighted by atomic mass is 10.0. The van der Waals surface area contributed by atoms with E-state index in [1.165, 1.54) is 37.1 Å². The van der Waals surface area contributed by atoms with Gasteiger partial charge in [0.1, 0.15) is 23.7 Å². The van der Waals surface area contributed by atoms with Gasteiger partial charge in [0.2, 0.25) is 5.71 Å². The largest absolute Gasteiger partial charge is 0.477 e. The van der Waals surface area contributed by atoms with Gasteiger partial charge in [-0.2, -0.15) is 0 Å². The summed E-state index contributed by atoms with van der Waals surface area (Å²) >= 11 is 1.22. The van der Waals surface area contributed by atoms with Crippen LogP contribution in [0.4, 0.5) is 0 Å². The van der Waals surface area contributed by atoms with Crippen molar-refractivity contribution in [2.75, 3.05) is 12.4 Å². The molecule has 1 fully saturated rings. The molecule has 0 radical (unpaired) electrons. The topological polar surface area (TPSA) is 159 Å². The molecule has 28 heavy (non-hydrogen) atoms. The fourth-order valence-corrected chi connectivity index (χ4v) is 4.14. The molecule has 3 rings (SSSR count). The third kappa shape index (κ3) is 3.45. The molecule has 2 aliphatic rings. The Kier molecular flexibility index (Phi) is 5.40. The Morgan fingerprint density at radius 1 is 1.46 bits per heavy atom. The summed E-state index contributed by atoms with van der Waals surface area (Å²) in [6.07, 6.45) is 1.29. The van der Waals surface area contributed by atoms with E-state index in [4.69, 9.17) is 14.4 Å². The maximum Gasteiger partial charge on any atom is 0.352 e. The second-order valence-corrected chi connectivity index (χ2v) is 6.93. The number of carbonyl (C=O) groups is 4. The molecule has 0 bridgehead atoms. The van der Waals surface area contributed by atoms with E-state index in [1.54, 1.807) is 0 Å². The number of oxime groups is 1. The summed E-state index contributed by atoms with van der Waals surface area (Å²) in [6, 6.07) is 1.90. The molecular weight excluding hydrogens is 394 g/mol. The second kappa shape index (κ2) is 7.76. The van der Waals surface area contributed by atoms with Crippen LogP contribution in [0.3, 0.4) is 0 Å². The minimum Gasteiger partial charge on any atom is -0.477 e. The molecule has 1 saturated heterocycles. The van der Waals surface area contributed by atoms with Crippen molar-refractivity contribution in [2.45, 2.75) is 18.3 Å². The predicted molar refractivity (Wildman–Crippen MR) is 93.3 cm³/mol. The van der Waals surface area contributed by atoms with Crippen molar-refractivity contribution in [3.63, 3.8) is 0 Å². The lowest BCUT2D eigenvalue weighted by molar-refractivity contribution is -0.150. The Morgan fingerprint density at radius 2 is 2.21 bits per heavy atom. The quantitative estimate of drug-likeness (QED) is 0.189. The number of nitrogens with zero attached hydrogens (tertiary/aromatic N) is 2. The van der Waals surface area contributed by atoms with Gasteiger partial charge in [-0.3, -0.25) is 19.3 Å². The van der Waals surface area contributed by atoms with E-state index in [-0.39, 0.29) is 29.4 Å². The van der Waals surface area contributed by atoms with E-state index in [2.05, 4.69) is 10.5 Å². The average Bonchev–Trinajstić information content (AvgIpc) is 3.18. The number of carboxylic acids is 1. The van der Waals surface area contributed by atoms with E-state index >= 15 is 0 Å². The van der Waals surface area contributed by atoms with Gasteiger partial charge in [-0.15, -0.1) is 11.8 Å². The number of esters is 1. The number of carboxylic acid groups (broad SMARTS) is 1. The van der Waals surface area contributed by atoms with E-state index in [9.17, 15) is 24.3 Å². The summed E-state index contributed by atoms with van der Waals surface area (Å²) in [5, 5.41) is 23.2. The smallest absolute Gasteiger partial charge is 0.352 e. The fraction of sp³-hybridized carbons (Fsp3) is 0.312. The molecule has 2 amide bonds. The number of hydrogen-bond acceptors (Lipinski definition) is 9. The van der Waals surface area contributed by atoms with Gasteiger partial charge in [-0.1, -0.05) is 5.16 Å². The highest BCUT2D eigenvalue weighted by molar-refractivity contribution is 8.00. The van der Waals surface area contributed by atoms with Crippen LogP contribution < -0.4 is 5.32 Å². The monoisotopic (exact) mass is 409 g/mol. The summed E-state index contributed by atoms with van der Waals surface area (Å²) < 4.78 is 9.85. The first kappa shape index (κ1) is 19.5. The summed E-state index contributed by atoms with van der Waals surface area (Å²) in [7, 11) is 0. The van der Waals surface area contributed by atoms with Crippen molar-refractivity contribution in [2.24, 2.45) is 5.16 Å². The summed E-state index contributed by atoms with van der Waals surface area (Å²) in [6.45, 7) is 0.955. The van der Waals surface area contributed by atoms with Crippen molar-refractivity contribution >= 4 is 41.2 Å². The molecule has 2 aliphatic heterocycles. The van der Waals surface area contributed by atoms with Crippen LogP contribution in [-0.2, 0) is 23.9 Å². The molecule has 11 nitrogen and oxygen atoms in total. The van der Waals surface area contributed by atoms with E-state index in [0.717, 1.165) is 4.90 Å². The first-order chi connectivity index (χ1) is 13.3. The molecule has 0 spiro atoms. The second-order valence-electron chi connectivity index (χ2n) is 5.82. The van der Waals surface area contributed by atoms with E-state index in [0.29, 0.717) is 0 Å². The zero-order valence-corrected chi connectivity index (χ0v) is 15.3. The van der Waals surface area contributed by atoms with E-state index in [1.807, 2.05) is 0 Å². The molecule has 0 saturated carbocycles. The lowest BCUT2D eigenvalue weighted by Crippen LogP contribution is -2.71. The van der Waals surface area contributed by atoms with Crippen molar-refractivity contribution in [3.8, 4) is 0 Å². The molecule has 12 heteroatoms. The number of rotatable bonds is 6. The van der Waals surface area contributed by atoms with Crippen LogP contribution in [0.25, 0.3) is 0 Å². The molecule has 3 N–H and O–H groups in total. The third-order valence-corrected chi connectivity index (χ3v) is 5.40. The molecule has 148 valence electrons. The maximum atomic E-state index is 12.5. The van der Waals surface area contributed by atoms with Crippen LogP contribution in [-0.4, -0.2) is 68.5 Å². The molecule has 0 aromatic carbocycles. The van der Waals surface area contributed by atoms with Gasteiger partial charge in [0.25, 0.3) is 11.8 Å². The number of aliphatic carboxylic acids is 1. The van der Waals surface area contributed by atoms with Crippen molar-refractivity contribution in [3.05, 3.63) is 35.4 Å². The number of nitrogens with one attached hydrogen (secondary N) is 1. The number of thioether (sulfide) groups is 1. The molecular formula is C16H15N3O8S. The minimum atomic E-state index is -1.33. The Balaban J connectivity index is 1.76. The maximum absolute atomic E-state index is 12.5. The van der Waals surface area contributed by atoms with E-state index < -0.39 is 40.9 Å². The third-order valence-electron chi connectivity index (χ3n) is 4.06. The van der Waals surface area contributed by atoms with Crippen molar-refractivity contribution in [1.82, 2.24) is 10.2 Å². The van der Waals surface area contributed by atoms with Crippen molar-refractivity contribution in [1.29, 1.82) is 0 Å². The molecule has 1 aromatic heterocycles. The first-order valence-electron chi connectivity index (χ1n) is 7.95. The first-order valence-corrected chi connectivity index (χ1v) is 9.00. The Morgan fingerprint density at radius 3 is 2.79 bits per heavy atom. The van der Waals surface area contributed by atoms with Crippen LogP contribution >= 0.6 is 11.8 Å². The number of amides is 2. The highest BCUT2D eigenvalue weighted by atomic mass is 32.2. The molecule has 0 unspecified atom stereocenters. The van der Waals surface area contributed by atoms with Gasteiger partial charge >= 0.3 is 11.9 Å². The molecule has 2 atom stereocenters. The zero-order valence-electron chi connectivity index (χ0n) is 14.4. The van der Waals surface area contributed by atoms with Gasteiger partial charge in [-0.05, 0) is 12.1 Å². The minimum absolute atomic E-state index is 0.00899. The van der Waals surface area contributed by atoms with Crippen molar-refractivity contribution < 1.29 is 38.6 Å². The summed E-state index contributed by atoms with van der Waals surface area (Å²) in [5.41, 5.74) is -0.389. The number of ether oxygens (including phenoxy) is 1. The Bertz CT molecular complexity index is 892. The van der Waals surface area contributed by atoms with Crippen LogP contribution in [0.5, 0.6) is 0 Å². The highest BCUT2D eigenvalue weighted by Gasteiger charge is 2.54. The average molecular weight is 409 g/mol. The zero-order chi connectivity index (χ0) is 20.4. The Hall–Kier alpha value is -3.28.